The van der Waals surface area contributed by atoms with Gasteiger partial charge < -0.3 is 9.80 Å². The zero-order valence-corrected chi connectivity index (χ0v) is 19.8. The summed E-state index contributed by atoms with van der Waals surface area (Å²) in [6.07, 6.45) is 1.99. The molecule has 7 nitrogen and oxygen atoms in total. The van der Waals surface area contributed by atoms with E-state index in [2.05, 4.69) is 41.7 Å². The summed E-state index contributed by atoms with van der Waals surface area (Å²) in [7, 11) is 3.90. The second-order valence-electron chi connectivity index (χ2n) is 8.11. The zero-order chi connectivity index (χ0) is 21.6. The summed E-state index contributed by atoms with van der Waals surface area (Å²) in [5.41, 5.74) is 2.68. The van der Waals surface area contributed by atoms with Crippen LogP contribution >= 0.6 is 22.9 Å². The van der Waals surface area contributed by atoms with Crippen molar-refractivity contribution in [3.8, 4) is 10.7 Å². The summed E-state index contributed by atoms with van der Waals surface area (Å²) in [6, 6.07) is 2.11. The van der Waals surface area contributed by atoms with Gasteiger partial charge in [0.15, 0.2) is 16.1 Å². The summed E-state index contributed by atoms with van der Waals surface area (Å²) in [6.45, 7) is 10.2. The van der Waals surface area contributed by atoms with Crippen molar-refractivity contribution < 1.29 is 0 Å². The largest absolute Gasteiger partial charge is 0.345 e. The molecule has 9 heteroatoms. The number of halogens is 1. The third kappa shape index (κ3) is 3.55. The molecule has 0 N–H and O–H groups in total. The number of rotatable bonds is 5. The molecule has 30 heavy (non-hydrogen) atoms. The number of hydrogen-bond acceptors (Lipinski definition) is 6. The third-order valence-corrected chi connectivity index (χ3v) is 7.68. The Morgan fingerprint density at radius 2 is 1.83 bits per heavy atom. The highest BCUT2D eigenvalue weighted by Gasteiger charge is 2.25. The van der Waals surface area contributed by atoms with E-state index < -0.39 is 0 Å². The number of thiazole rings is 1. The molecule has 4 rings (SSSR count). The highest BCUT2D eigenvalue weighted by molar-refractivity contribution is 7.19. The molecule has 1 fully saturated rings. The Balaban J connectivity index is 1.82. The van der Waals surface area contributed by atoms with E-state index in [0.717, 1.165) is 60.3 Å². The highest BCUT2D eigenvalue weighted by Crippen LogP contribution is 2.37. The van der Waals surface area contributed by atoms with E-state index in [9.17, 15) is 4.79 Å². The second-order valence-corrected chi connectivity index (χ2v) is 9.44. The molecule has 1 aliphatic heterocycles. The van der Waals surface area contributed by atoms with Gasteiger partial charge in [-0.25, -0.2) is 9.50 Å². The van der Waals surface area contributed by atoms with Crippen LogP contribution in [-0.2, 0) is 7.05 Å². The summed E-state index contributed by atoms with van der Waals surface area (Å²) in [5.74, 6) is 0.912. The number of anilines is 1. The Morgan fingerprint density at radius 3 is 2.47 bits per heavy atom. The minimum atomic E-state index is -0.0411. The summed E-state index contributed by atoms with van der Waals surface area (Å²) < 4.78 is 3.41. The van der Waals surface area contributed by atoms with E-state index in [1.807, 2.05) is 6.92 Å². The topological polar surface area (TPSA) is 58.7 Å². The van der Waals surface area contributed by atoms with Crippen molar-refractivity contribution in [2.24, 2.45) is 7.05 Å². The molecule has 1 saturated heterocycles. The maximum Gasteiger partial charge on any atom is 0.278 e. The van der Waals surface area contributed by atoms with Crippen LogP contribution in [0.1, 0.15) is 43.9 Å². The fourth-order valence-corrected chi connectivity index (χ4v) is 5.57. The van der Waals surface area contributed by atoms with Crippen LogP contribution < -0.4 is 10.5 Å². The normalized spacial score (nSPS) is 15.6. The van der Waals surface area contributed by atoms with Crippen molar-refractivity contribution in [1.82, 2.24) is 24.1 Å². The molecule has 0 aromatic carbocycles. The highest BCUT2D eigenvalue weighted by atomic mass is 35.5. The van der Waals surface area contributed by atoms with E-state index in [1.54, 1.807) is 16.1 Å². The smallest absolute Gasteiger partial charge is 0.278 e. The van der Waals surface area contributed by atoms with Gasteiger partial charge in [-0.05, 0) is 44.4 Å². The molecule has 0 radical (unpaired) electrons. The molecule has 0 spiro atoms. The number of hydrogen-bond donors (Lipinski definition) is 0. The molecule has 0 atom stereocenters. The van der Waals surface area contributed by atoms with E-state index in [4.69, 9.17) is 16.7 Å². The van der Waals surface area contributed by atoms with Crippen LogP contribution in [0.3, 0.4) is 0 Å². The van der Waals surface area contributed by atoms with Gasteiger partial charge in [-0.2, -0.15) is 0 Å². The average molecular weight is 449 g/mol. The van der Waals surface area contributed by atoms with Gasteiger partial charge in [-0.1, -0.05) is 36.8 Å². The van der Waals surface area contributed by atoms with Crippen LogP contribution in [0.15, 0.2) is 10.9 Å². The lowest BCUT2D eigenvalue weighted by Gasteiger charge is -2.32. The predicted molar refractivity (Wildman–Crippen MR) is 124 cm³/mol. The Morgan fingerprint density at radius 1 is 1.17 bits per heavy atom. The van der Waals surface area contributed by atoms with E-state index in [1.165, 1.54) is 11.3 Å². The zero-order valence-electron chi connectivity index (χ0n) is 18.3. The lowest BCUT2D eigenvalue weighted by molar-refractivity contribution is 0.313. The van der Waals surface area contributed by atoms with E-state index in [-0.39, 0.29) is 5.56 Å². The van der Waals surface area contributed by atoms with Crippen molar-refractivity contribution in [2.45, 2.75) is 39.5 Å². The van der Waals surface area contributed by atoms with E-state index >= 15 is 0 Å². The van der Waals surface area contributed by atoms with Gasteiger partial charge in [-0.3, -0.25) is 9.36 Å². The van der Waals surface area contributed by atoms with Crippen LogP contribution in [-0.4, -0.2) is 57.3 Å². The number of piperazine rings is 1. The standard InChI is InChI=1S/C21H29ClN6OS/c1-6-14(7-2)15-12-13(3)28-16(15)20(29)26(5)19(24-28)17-18(22)23-21(30-17)27-10-8-25(4)9-11-27/h12,14H,6-11H2,1-5H3. The molecule has 0 aliphatic carbocycles. The summed E-state index contributed by atoms with van der Waals surface area (Å²) in [4.78, 5) is 23.3. The van der Waals surface area contributed by atoms with Gasteiger partial charge in [-0.15, -0.1) is 5.10 Å². The Kier molecular flexibility index (Phi) is 5.92. The minimum Gasteiger partial charge on any atom is -0.345 e. The van der Waals surface area contributed by atoms with Crippen LogP contribution in [0.4, 0.5) is 5.13 Å². The Labute approximate surface area is 185 Å². The quantitative estimate of drug-likeness (QED) is 0.594. The van der Waals surface area contributed by atoms with Crippen LogP contribution in [0.2, 0.25) is 5.15 Å². The van der Waals surface area contributed by atoms with Crippen LogP contribution in [0.25, 0.3) is 16.2 Å². The molecule has 162 valence electrons. The lowest BCUT2D eigenvalue weighted by atomic mass is 9.95. The molecule has 3 aromatic heterocycles. The number of aryl methyl sites for hydroxylation is 1. The first-order chi connectivity index (χ1) is 14.3. The third-order valence-electron chi connectivity index (χ3n) is 6.18. The van der Waals surface area contributed by atoms with Crippen molar-refractivity contribution in [3.05, 3.63) is 32.8 Å². The Bertz CT molecular complexity index is 1120. The molecule has 4 heterocycles. The van der Waals surface area contributed by atoms with Gasteiger partial charge in [0.05, 0.1) is 0 Å². The summed E-state index contributed by atoms with van der Waals surface area (Å²) in [5, 5.41) is 6.14. The number of fused-ring (bicyclic) bond motifs is 1. The van der Waals surface area contributed by atoms with Gasteiger partial charge >= 0.3 is 0 Å². The molecule has 1 aliphatic rings. The maximum atomic E-state index is 13.4. The molecule has 0 bridgehead atoms. The van der Waals surface area contributed by atoms with Gasteiger partial charge in [0.1, 0.15) is 10.4 Å². The van der Waals surface area contributed by atoms with E-state index in [0.29, 0.717) is 22.4 Å². The Hall–Kier alpha value is -1.90. The number of likely N-dealkylation sites (N-methyl/N-ethyl adjacent to an activating group) is 1. The molecular formula is C21H29ClN6OS. The van der Waals surface area contributed by atoms with Crippen molar-refractivity contribution in [3.63, 3.8) is 0 Å². The SMILES string of the molecule is CCC(CC)c1cc(C)n2nc(-c3sc(N4CCN(C)CC4)nc3Cl)n(C)c(=O)c12. The molecule has 0 saturated carbocycles. The predicted octanol–water partition coefficient (Wildman–Crippen LogP) is 3.77. The fraction of sp³-hybridized carbons (Fsp3) is 0.571. The first-order valence-corrected chi connectivity index (χ1v) is 11.7. The average Bonchev–Trinajstić information content (AvgIpc) is 3.26. The first kappa shape index (κ1) is 21.3. The van der Waals surface area contributed by atoms with Gasteiger partial charge in [0, 0.05) is 38.9 Å². The monoisotopic (exact) mass is 448 g/mol. The maximum absolute atomic E-state index is 13.4. The van der Waals surface area contributed by atoms with Gasteiger partial charge in [0.2, 0.25) is 0 Å². The van der Waals surface area contributed by atoms with Crippen LogP contribution in [0.5, 0.6) is 0 Å². The summed E-state index contributed by atoms with van der Waals surface area (Å²) >= 11 is 8.05. The first-order valence-electron chi connectivity index (χ1n) is 10.5. The lowest BCUT2D eigenvalue weighted by Crippen LogP contribution is -2.44. The van der Waals surface area contributed by atoms with Crippen molar-refractivity contribution in [2.75, 3.05) is 38.1 Å². The minimum absolute atomic E-state index is 0.0411. The fourth-order valence-electron chi connectivity index (χ4n) is 4.21. The van der Waals surface area contributed by atoms with Crippen LogP contribution in [0, 0.1) is 6.92 Å². The molecular weight excluding hydrogens is 420 g/mol. The van der Waals surface area contributed by atoms with Crippen molar-refractivity contribution >= 4 is 33.6 Å². The number of aromatic nitrogens is 4. The second kappa shape index (κ2) is 8.32. The molecule has 0 unspecified atom stereocenters. The van der Waals surface area contributed by atoms with Crippen molar-refractivity contribution in [1.29, 1.82) is 0 Å². The molecule has 3 aromatic rings. The molecule has 0 amide bonds. The van der Waals surface area contributed by atoms with Gasteiger partial charge in [0.25, 0.3) is 5.56 Å². The number of nitrogens with zero attached hydrogens (tertiary/aromatic N) is 6.